The molecular formula is C18H21N3O4S. The summed E-state index contributed by atoms with van der Waals surface area (Å²) >= 11 is 0. The zero-order chi connectivity index (χ0) is 19.0. The molecule has 0 saturated carbocycles. The van der Waals surface area contributed by atoms with Crippen LogP contribution in [0.25, 0.3) is 0 Å². The van der Waals surface area contributed by atoms with E-state index >= 15 is 0 Å². The molecule has 0 atom stereocenters. The molecule has 2 aromatic carbocycles. The summed E-state index contributed by atoms with van der Waals surface area (Å²) in [5, 5.41) is 6.49. The Kier molecular flexibility index (Phi) is 6.74. The molecule has 7 nitrogen and oxygen atoms in total. The van der Waals surface area contributed by atoms with Gasteiger partial charge in [-0.1, -0.05) is 18.2 Å². The first-order valence-corrected chi connectivity index (χ1v) is 9.47. The molecule has 2 rings (SSSR count). The highest BCUT2D eigenvalue weighted by Crippen LogP contribution is 2.11. The van der Waals surface area contributed by atoms with E-state index in [4.69, 9.17) is 4.74 Å². The number of nitrogens with one attached hydrogen (secondary N) is 2. The lowest BCUT2D eigenvalue weighted by atomic mass is 10.2. The number of sulfonamides is 1. The minimum absolute atomic E-state index is 0.0596. The van der Waals surface area contributed by atoms with Gasteiger partial charge in [0.2, 0.25) is 0 Å². The average molecular weight is 375 g/mol. The molecule has 0 aromatic heterocycles. The molecule has 2 N–H and O–H groups in total. The fourth-order valence-electron chi connectivity index (χ4n) is 1.99. The number of carbonyl (C=O) groups excluding carboxylic acids is 1. The van der Waals surface area contributed by atoms with E-state index in [1.807, 2.05) is 13.8 Å². The van der Waals surface area contributed by atoms with Gasteiger partial charge in [-0.2, -0.15) is 13.5 Å². The van der Waals surface area contributed by atoms with Crippen LogP contribution in [0.4, 0.5) is 0 Å². The van der Waals surface area contributed by atoms with Gasteiger partial charge in [0.1, 0.15) is 5.75 Å². The summed E-state index contributed by atoms with van der Waals surface area (Å²) in [5.41, 5.74) is 0.680. The van der Waals surface area contributed by atoms with Crippen LogP contribution >= 0.6 is 0 Å². The molecule has 8 heteroatoms. The number of nitrogens with zero attached hydrogens (tertiary/aromatic N) is 1. The van der Waals surface area contributed by atoms with Crippen molar-refractivity contribution in [1.29, 1.82) is 0 Å². The quantitative estimate of drug-likeness (QED) is 0.544. The lowest BCUT2D eigenvalue weighted by molar-refractivity contribution is -0.123. The maximum atomic E-state index is 12.0. The third-order valence-electron chi connectivity index (χ3n) is 3.14. The Morgan fingerprint density at radius 1 is 1.12 bits per heavy atom. The first kappa shape index (κ1) is 19.5. The molecular weight excluding hydrogens is 354 g/mol. The lowest BCUT2D eigenvalue weighted by Gasteiger charge is -2.09. The zero-order valence-corrected chi connectivity index (χ0v) is 15.4. The minimum atomic E-state index is -3.68. The summed E-state index contributed by atoms with van der Waals surface area (Å²) in [7, 11) is -3.68. The van der Waals surface area contributed by atoms with Crippen LogP contribution in [-0.4, -0.2) is 33.2 Å². The Labute approximate surface area is 153 Å². The highest BCUT2D eigenvalue weighted by atomic mass is 32.2. The Morgan fingerprint density at radius 2 is 1.77 bits per heavy atom. The van der Waals surface area contributed by atoms with Gasteiger partial charge in [0.05, 0.1) is 11.1 Å². The molecule has 0 fully saturated rings. The zero-order valence-electron chi connectivity index (χ0n) is 14.5. The number of hydrogen-bond acceptors (Lipinski definition) is 5. The van der Waals surface area contributed by atoms with Crippen molar-refractivity contribution < 1.29 is 17.9 Å². The largest absolute Gasteiger partial charge is 0.484 e. The van der Waals surface area contributed by atoms with Gasteiger partial charge in [0, 0.05) is 6.04 Å². The topological polar surface area (TPSA) is 96.9 Å². The summed E-state index contributed by atoms with van der Waals surface area (Å²) in [6, 6.07) is 14.8. The second-order valence-corrected chi connectivity index (χ2v) is 7.41. The van der Waals surface area contributed by atoms with Crippen molar-refractivity contribution >= 4 is 22.1 Å². The van der Waals surface area contributed by atoms with Gasteiger partial charge in [0.15, 0.2) is 6.61 Å². The van der Waals surface area contributed by atoms with E-state index in [1.165, 1.54) is 18.3 Å². The van der Waals surface area contributed by atoms with Crippen LogP contribution in [-0.2, 0) is 14.8 Å². The smallest absolute Gasteiger partial charge is 0.276 e. The second kappa shape index (κ2) is 9.00. The van der Waals surface area contributed by atoms with Crippen molar-refractivity contribution in [2.45, 2.75) is 24.8 Å². The van der Waals surface area contributed by atoms with E-state index in [-0.39, 0.29) is 23.5 Å². The summed E-state index contributed by atoms with van der Waals surface area (Å²) in [4.78, 5) is 13.8. The molecule has 1 amide bonds. The van der Waals surface area contributed by atoms with Crippen LogP contribution in [0.5, 0.6) is 5.75 Å². The van der Waals surface area contributed by atoms with Crippen LogP contribution in [0, 0.1) is 0 Å². The molecule has 138 valence electrons. The fraction of sp³-hybridized carbons (Fsp3) is 0.222. The third-order valence-corrected chi connectivity index (χ3v) is 4.38. The van der Waals surface area contributed by atoms with Crippen LogP contribution in [0.15, 0.2) is 64.6 Å². The first-order valence-electron chi connectivity index (χ1n) is 7.99. The van der Waals surface area contributed by atoms with Crippen molar-refractivity contribution in [2.75, 3.05) is 6.61 Å². The van der Waals surface area contributed by atoms with Crippen LogP contribution in [0.3, 0.4) is 0 Å². The maximum Gasteiger partial charge on any atom is 0.276 e. The maximum absolute atomic E-state index is 12.0. The van der Waals surface area contributed by atoms with Gasteiger partial charge in [-0.15, -0.1) is 0 Å². The third kappa shape index (κ3) is 6.21. The number of amides is 1. The van der Waals surface area contributed by atoms with Gasteiger partial charge in [-0.3, -0.25) is 4.79 Å². The van der Waals surface area contributed by atoms with Crippen LogP contribution < -0.4 is 14.9 Å². The summed E-state index contributed by atoms with van der Waals surface area (Å²) in [5.74, 6) is 0.340. The SMILES string of the molecule is CC(C)NC(=O)COc1ccc(/C=N\NS(=O)(=O)c2ccccc2)cc1. The second-order valence-electron chi connectivity index (χ2n) is 5.75. The predicted molar refractivity (Wildman–Crippen MR) is 99.6 cm³/mol. The Hall–Kier alpha value is -2.87. The molecule has 0 radical (unpaired) electrons. The predicted octanol–water partition coefficient (Wildman–Crippen LogP) is 1.90. The van der Waals surface area contributed by atoms with Crippen molar-refractivity contribution in [2.24, 2.45) is 5.10 Å². The van der Waals surface area contributed by atoms with Gasteiger partial charge in [-0.05, 0) is 55.8 Å². The number of benzene rings is 2. The van der Waals surface area contributed by atoms with Crippen molar-refractivity contribution in [1.82, 2.24) is 10.1 Å². The number of carbonyl (C=O) groups is 1. The Morgan fingerprint density at radius 3 is 2.38 bits per heavy atom. The Balaban J connectivity index is 1.89. The number of rotatable bonds is 8. The van der Waals surface area contributed by atoms with E-state index in [0.29, 0.717) is 11.3 Å². The van der Waals surface area contributed by atoms with E-state index in [1.54, 1.807) is 42.5 Å². The summed E-state index contributed by atoms with van der Waals surface area (Å²) in [6.45, 7) is 3.68. The van der Waals surface area contributed by atoms with E-state index < -0.39 is 10.0 Å². The lowest BCUT2D eigenvalue weighted by Crippen LogP contribution is -2.34. The first-order chi connectivity index (χ1) is 12.4. The molecule has 0 saturated heterocycles. The monoisotopic (exact) mass is 375 g/mol. The molecule has 0 bridgehead atoms. The molecule has 0 aliphatic rings. The minimum Gasteiger partial charge on any atom is -0.484 e. The molecule has 2 aromatic rings. The molecule has 0 unspecified atom stereocenters. The number of hydrazone groups is 1. The molecule has 26 heavy (non-hydrogen) atoms. The van der Waals surface area contributed by atoms with E-state index in [2.05, 4.69) is 15.2 Å². The van der Waals surface area contributed by atoms with Crippen molar-refractivity contribution in [3.05, 3.63) is 60.2 Å². The van der Waals surface area contributed by atoms with Crippen LogP contribution in [0.2, 0.25) is 0 Å². The average Bonchev–Trinajstić information content (AvgIpc) is 2.61. The van der Waals surface area contributed by atoms with Crippen molar-refractivity contribution in [3.8, 4) is 5.75 Å². The van der Waals surface area contributed by atoms with Crippen LogP contribution in [0.1, 0.15) is 19.4 Å². The normalized spacial score (nSPS) is 11.5. The fourth-order valence-corrected chi connectivity index (χ4v) is 2.80. The van der Waals surface area contributed by atoms with Gasteiger partial charge < -0.3 is 10.1 Å². The van der Waals surface area contributed by atoms with E-state index in [0.717, 1.165) is 0 Å². The molecule has 0 aliphatic heterocycles. The Bertz CT molecular complexity index is 848. The van der Waals surface area contributed by atoms with Gasteiger partial charge in [0.25, 0.3) is 15.9 Å². The molecule has 0 aliphatic carbocycles. The highest BCUT2D eigenvalue weighted by molar-refractivity contribution is 7.89. The standard InChI is InChI=1S/C18H21N3O4S/c1-14(2)20-18(22)13-25-16-10-8-15(9-11-16)12-19-21-26(23,24)17-6-4-3-5-7-17/h3-12,14,21H,13H2,1-2H3,(H,20,22)/b19-12-. The summed E-state index contributed by atoms with van der Waals surface area (Å²) < 4.78 is 29.4. The molecule has 0 heterocycles. The van der Waals surface area contributed by atoms with Gasteiger partial charge >= 0.3 is 0 Å². The highest BCUT2D eigenvalue weighted by Gasteiger charge is 2.11. The number of ether oxygens (including phenoxy) is 1. The van der Waals surface area contributed by atoms with Gasteiger partial charge in [-0.25, -0.2) is 4.83 Å². The molecule has 0 spiro atoms. The van der Waals surface area contributed by atoms with E-state index in [9.17, 15) is 13.2 Å². The summed E-state index contributed by atoms with van der Waals surface area (Å²) in [6.07, 6.45) is 1.38. The van der Waals surface area contributed by atoms with Crippen molar-refractivity contribution in [3.63, 3.8) is 0 Å². The number of hydrogen-bond donors (Lipinski definition) is 2.